The Kier molecular flexibility index (Phi) is 5.04. The van der Waals surface area contributed by atoms with E-state index in [9.17, 15) is 14.4 Å². The largest absolute Gasteiger partial charge is 0.483 e. The van der Waals surface area contributed by atoms with Gasteiger partial charge in [-0.2, -0.15) is 0 Å². The second-order valence-electron chi connectivity index (χ2n) is 5.91. The number of nitrogens with zero attached hydrogens (tertiary/aromatic N) is 1. The van der Waals surface area contributed by atoms with Gasteiger partial charge in [0.05, 0.1) is 12.6 Å². The van der Waals surface area contributed by atoms with E-state index in [-0.39, 0.29) is 36.3 Å². The third-order valence-electron chi connectivity index (χ3n) is 4.15. The Hall–Kier alpha value is -3.13. The van der Waals surface area contributed by atoms with Gasteiger partial charge in [-0.3, -0.25) is 14.4 Å². The minimum Gasteiger partial charge on any atom is -0.483 e. The molecular weight excluding hydrogens is 338 g/mol. The number of benzene rings is 1. The summed E-state index contributed by atoms with van der Waals surface area (Å²) in [6.45, 7) is 0.666. The summed E-state index contributed by atoms with van der Waals surface area (Å²) in [4.78, 5) is 36.8. The number of nitrogens with two attached hydrogens (primary N) is 1. The first-order valence-corrected chi connectivity index (χ1v) is 8.05. The van der Waals surface area contributed by atoms with Crippen LogP contribution in [-0.2, 0) is 11.3 Å². The van der Waals surface area contributed by atoms with Crippen molar-refractivity contribution in [3.05, 3.63) is 63.6 Å². The van der Waals surface area contributed by atoms with E-state index in [0.717, 1.165) is 5.56 Å². The predicted molar refractivity (Wildman–Crippen MR) is 93.2 cm³/mol. The molecule has 0 aliphatic carbocycles. The molecule has 3 N–H and O–H groups in total. The minimum absolute atomic E-state index is 0.0595. The molecule has 0 saturated carbocycles. The van der Waals surface area contributed by atoms with E-state index in [0.29, 0.717) is 6.54 Å². The summed E-state index contributed by atoms with van der Waals surface area (Å²) in [5, 5.41) is 2.71. The Balaban J connectivity index is 2.10. The molecule has 1 aromatic heterocycles. The fourth-order valence-corrected chi connectivity index (χ4v) is 2.88. The second-order valence-corrected chi connectivity index (χ2v) is 5.91. The lowest BCUT2D eigenvalue weighted by atomic mass is 10.1. The number of amides is 2. The van der Waals surface area contributed by atoms with Crippen LogP contribution in [0.3, 0.4) is 0 Å². The van der Waals surface area contributed by atoms with Crippen LogP contribution in [0.2, 0.25) is 0 Å². The first-order chi connectivity index (χ1) is 12.5. The quantitative estimate of drug-likeness (QED) is 0.780. The van der Waals surface area contributed by atoms with E-state index in [1.165, 1.54) is 17.9 Å². The molecule has 1 atom stereocenters. The van der Waals surface area contributed by atoms with Gasteiger partial charge in [0.1, 0.15) is 12.2 Å². The standard InChI is InChI=1S/C18H19N3O5/c1-25-10-12-7-20-18(24)14-16(26-9-11-5-3-2-4-6-11)15(22)13(17(19)23)8-21(12)14/h2-6,8,12H,7,9-10H2,1H3,(H2,19,23)(H,20,24)/t12-/m1/s1. The molecule has 1 aliphatic rings. The lowest BCUT2D eigenvalue weighted by Crippen LogP contribution is -2.43. The third kappa shape index (κ3) is 3.31. The smallest absolute Gasteiger partial charge is 0.272 e. The van der Waals surface area contributed by atoms with E-state index in [2.05, 4.69) is 5.32 Å². The maximum absolute atomic E-state index is 12.7. The Labute approximate surface area is 149 Å². The van der Waals surface area contributed by atoms with Crippen molar-refractivity contribution in [1.82, 2.24) is 9.88 Å². The molecule has 8 heteroatoms. The Morgan fingerprint density at radius 3 is 2.69 bits per heavy atom. The summed E-state index contributed by atoms with van der Waals surface area (Å²) in [6.07, 6.45) is 1.30. The molecule has 0 saturated heterocycles. The number of hydrogen-bond acceptors (Lipinski definition) is 5. The van der Waals surface area contributed by atoms with Crippen molar-refractivity contribution in [3.63, 3.8) is 0 Å². The zero-order chi connectivity index (χ0) is 18.7. The lowest BCUT2D eigenvalue weighted by Gasteiger charge is -2.29. The van der Waals surface area contributed by atoms with E-state index in [1.54, 1.807) is 0 Å². The van der Waals surface area contributed by atoms with E-state index < -0.39 is 17.2 Å². The van der Waals surface area contributed by atoms with Gasteiger partial charge in [-0.25, -0.2) is 0 Å². The van der Waals surface area contributed by atoms with Crippen LogP contribution in [0, 0.1) is 0 Å². The molecule has 8 nitrogen and oxygen atoms in total. The van der Waals surface area contributed by atoms with Gasteiger partial charge in [-0.15, -0.1) is 0 Å². The van der Waals surface area contributed by atoms with Gasteiger partial charge >= 0.3 is 0 Å². The monoisotopic (exact) mass is 357 g/mol. The zero-order valence-corrected chi connectivity index (χ0v) is 14.2. The average molecular weight is 357 g/mol. The van der Waals surface area contributed by atoms with Crippen LogP contribution >= 0.6 is 0 Å². The number of rotatable bonds is 6. The number of aromatic nitrogens is 1. The summed E-state index contributed by atoms with van der Waals surface area (Å²) in [5.41, 5.74) is 5.29. The maximum atomic E-state index is 12.7. The van der Waals surface area contributed by atoms with Crippen molar-refractivity contribution in [1.29, 1.82) is 0 Å². The second kappa shape index (κ2) is 7.40. The normalized spacial score (nSPS) is 15.9. The van der Waals surface area contributed by atoms with Gasteiger partial charge in [-0.1, -0.05) is 30.3 Å². The van der Waals surface area contributed by atoms with Crippen LogP contribution < -0.4 is 21.2 Å². The van der Waals surface area contributed by atoms with Crippen LogP contribution in [0.1, 0.15) is 32.5 Å². The summed E-state index contributed by atoms with van der Waals surface area (Å²) in [6, 6.07) is 8.90. The molecule has 3 rings (SSSR count). The molecular formula is C18H19N3O5. The summed E-state index contributed by atoms with van der Waals surface area (Å²) < 4.78 is 12.4. The number of nitrogens with one attached hydrogen (secondary N) is 1. The maximum Gasteiger partial charge on any atom is 0.272 e. The van der Waals surface area contributed by atoms with Crippen LogP contribution in [0.5, 0.6) is 5.75 Å². The highest BCUT2D eigenvalue weighted by Gasteiger charge is 2.31. The number of ether oxygens (including phenoxy) is 2. The van der Waals surface area contributed by atoms with Crippen molar-refractivity contribution in [2.24, 2.45) is 5.73 Å². The van der Waals surface area contributed by atoms with Gasteiger partial charge < -0.3 is 25.1 Å². The van der Waals surface area contributed by atoms with Crippen molar-refractivity contribution in [2.45, 2.75) is 12.6 Å². The highest BCUT2D eigenvalue weighted by atomic mass is 16.5. The molecule has 0 radical (unpaired) electrons. The average Bonchev–Trinajstić information content (AvgIpc) is 2.63. The number of carbonyl (C=O) groups is 2. The van der Waals surface area contributed by atoms with Gasteiger partial charge in [0.15, 0.2) is 11.4 Å². The van der Waals surface area contributed by atoms with E-state index >= 15 is 0 Å². The highest BCUT2D eigenvalue weighted by Crippen LogP contribution is 2.24. The van der Waals surface area contributed by atoms with Crippen molar-refractivity contribution >= 4 is 11.8 Å². The van der Waals surface area contributed by atoms with Crippen LogP contribution in [-0.4, -0.2) is 36.6 Å². The van der Waals surface area contributed by atoms with Crippen LogP contribution in [0.15, 0.2) is 41.3 Å². The first-order valence-electron chi connectivity index (χ1n) is 8.05. The Bertz CT molecular complexity index is 892. The molecule has 0 unspecified atom stereocenters. The Morgan fingerprint density at radius 1 is 1.31 bits per heavy atom. The van der Waals surface area contributed by atoms with Crippen molar-refractivity contribution < 1.29 is 19.1 Å². The van der Waals surface area contributed by atoms with Gasteiger partial charge in [0, 0.05) is 19.9 Å². The predicted octanol–water partition coefficient (Wildman–Crippen LogP) is 0.457. The van der Waals surface area contributed by atoms with Gasteiger partial charge in [-0.05, 0) is 5.56 Å². The third-order valence-corrected chi connectivity index (χ3v) is 4.15. The van der Waals surface area contributed by atoms with E-state index in [4.69, 9.17) is 15.2 Å². The SMILES string of the molecule is COC[C@H]1CNC(=O)c2c(OCc3ccccc3)c(=O)c(C(N)=O)cn21. The molecule has 2 heterocycles. The van der Waals surface area contributed by atoms with Crippen LogP contribution in [0.4, 0.5) is 0 Å². The minimum atomic E-state index is -0.878. The fourth-order valence-electron chi connectivity index (χ4n) is 2.88. The summed E-state index contributed by atoms with van der Waals surface area (Å²) >= 11 is 0. The van der Waals surface area contributed by atoms with Gasteiger partial charge in [0.25, 0.3) is 11.8 Å². The summed E-state index contributed by atoms with van der Waals surface area (Å²) in [5.74, 6) is -1.52. The van der Waals surface area contributed by atoms with Crippen LogP contribution in [0.25, 0.3) is 0 Å². The number of carbonyl (C=O) groups excluding carboxylic acids is 2. The molecule has 1 aromatic carbocycles. The summed E-state index contributed by atoms with van der Waals surface area (Å²) in [7, 11) is 1.53. The molecule has 0 bridgehead atoms. The Morgan fingerprint density at radius 2 is 2.04 bits per heavy atom. The molecule has 136 valence electrons. The molecule has 2 aromatic rings. The number of pyridine rings is 1. The number of fused-ring (bicyclic) bond motifs is 1. The molecule has 0 spiro atoms. The highest BCUT2D eigenvalue weighted by molar-refractivity contribution is 5.98. The first kappa shape index (κ1) is 17.7. The number of methoxy groups -OCH3 is 1. The lowest BCUT2D eigenvalue weighted by molar-refractivity contribution is 0.0857. The number of hydrogen-bond donors (Lipinski definition) is 2. The zero-order valence-electron chi connectivity index (χ0n) is 14.2. The molecule has 2 amide bonds. The van der Waals surface area contributed by atoms with Crippen molar-refractivity contribution in [2.75, 3.05) is 20.3 Å². The van der Waals surface area contributed by atoms with Gasteiger partial charge in [0.2, 0.25) is 5.43 Å². The molecule has 0 fully saturated rings. The van der Waals surface area contributed by atoms with E-state index in [1.807, 2.05) is 30.3 Å². The van der Waals surface area contributed by atoms with Crippen molar-refractivity contribution in [3.8, 4) is 5.75 Å². The topological polar surface area (TPSA) is 113 Å². The molecule has 1 aliphatic heterocycles. The fraction of sp³-hybridized carbons (Fsp3) is 0.278. The molecule has 26 heavy (non-hydrogen) atoms. The number of primary amides is 1.